The molecule has 0 spiro atoms. The summed E-state index contributed by atoms with van der Waals surface area (Å²) in [6.07, 6.45) is 0.706. The van der Waals surface area contributed by atoms with Crippen LogP contribution in [0.3, 0.4) is 0 Å². The van der Waals surface area contributed by atoms with Crippen LogP contribution in [-0.2, 0) is 5.60 Å². The van der Waals surface area contributed by atoms with Crippen LogP contribution in [-0.4, -0.2) is 26.9 Å². The molecule has 7 nitrogen and oxygen atoms in total. The topological polar surface area (TPSA) is 147 Å². The molecule has 0 radical (unpaired) electrons. The third kappa shape index (κ3) is 2.25. The molecule has 0 fully saturated rings. The Labute approximate surface area is 153 Å². The summed E-state index contributed by atoms with van der Waals surface area (Å²) in [6.45, 7) is 0. The number of carbonyl (C=O) groups excluding carboxylic acids is 2. The molecule has 1 atom stereocenters. The molecule has 0 heterocycles. The lowest BCUT2D eigenvalue weighted by atomic mass is 9.75. The molecule has 2 aromatic rings. The predicted molar refractivity (Wildman–Crippen MR) is 97.2 cm³/mol. The van der Waals surface area contributed by atoms with E-state index in [1.165, 1.54) is 30.3 Å². The van der Waals surface area contributed by atoms with E-state index in [1.807, 2.05) is 0 Å². The van der Waals surface area contributed by atoms with Gasteiger partial charge in [0.05, 0.1) is 5.56 Å². The first-order chi connectivity index (χ1) is 12.7. The molecule has 2 aliphatic rings. The van der Waals surface area contributed by atoms with Gasteiger partial charge in [-0.05, 0) is 17.7 Å². The van der Waals surface area contributed by atoms with Gasteiger partial charge in [-0.2, -0.15) is 0 Å². The third-order valence-corrected chi connectivity index (χ3v) is 4.97. The van der Waals surface area contributed by atoms with E-state index >= 15 is 0 Å². The van der Waals surface area contributed by atoms with Crippen molar-refractivity contribution in [2.24, 2.45) is 5.73 Å². The van der Waals surface area contributed by atoms with Crippen molar-refractivity contribution >= 4 is 17.3 Å². The SMILES string of the molecule is NC1=C(O)CC(O)(c2cccc3c2C(=O)c2c(N)cccc2C3=O)C=C1O. The largest absolute Gasteiger partial charge is 0.510 e. The Kier molecular flexibility index (Phi) is 3.41. The van der Waals surface area contributed by atoms with Crippen molar-refractivity contribution in [3.05, 3.63) is 87.5 Å². The number of fused-ring (bicyclic) bond motifs is 2. The third-order valence-electron chi connectivity index (χ3n) is 4.97. The molecule has 1 unspecified atom stereocenters. The Hall–Kier alpha value is -3.58. The number of ketones is 2. The summed E-state index contributed by atoms with van der Waals surface area (Å²) in [7, 11) is 0. The molecule has 0 bridgehead atoms. The van der Waals surface area contributed by atoms with Crippen molar-refractivity contribution < 1.29 is 24.9 Å². The van der Waals surface area contributed by atoms with Gasteiger partial charge in [-0.15, -0.1) is 0 Å². The van der Waals surface area contributed by atoms with Crippen LogP contribution in [0.2, 0.25) is 0 Å². The van der Waals surface area contributed by atoms with Gasteiger partial charge >= 0.3 is 0 Å². The highest BCUT2D eigenvalue weighted by molar-refractivity contribution is 6.30. The number of anilines is 1. The Morgan fingerprint density at radius 2 is 1.52 bits per heavy atom. The first kappa shape index (κ1) is 16.9. The highest BCUT2D eigenvalue weighted by atomic mass is 16.3. The van der Waals surface area contributed by atoms with E-state index in [1.54, 1.807) is 6.07 Å². The quantitative estimate of drug-likeness (QED) is 0.414. The molecule has 7 N–H and O–H groups in total. The zero-order valence-corrected chi connectivity index (χ0v) is 14.1. The summed E-state index contributed by atoms with van der Waals surface area (Å²) in [5.74, 6) is -1.81. The van der Waals surface area contributed by atoms with Crippen molar-refractivity contribution in [2.75, 3.05) is 5.73 Å². The smallest absolute Gasteiger partial charge is 0.196 e. The Morgan fingerprint density at radius 3 is 2.19 bits per heavy atom. The first-order valence-electron chi connectivity index (χ1n) is 8.18. The van der Waals surface area contributed by atoms with Crippen LogP contribution in [0.4, 0.5) is 5.69 Å². The van der Waals surface area contributed by atoms with E-state index in [4.69, 9.17) is 11.5 Å². The first-order valence-corrected chi connectivity index (χ1v) is 8.18. The minimum absolute atomic E-state index is 0.00674. The maximum absolute atomic E-state index is 13.2. The second kappa shape index (κ2) is 5.46. The highest BCUT2D eigenvalue weighted by Crippen LogP contribution is 2.41. The minimum Gasteiger partial charge on any atom is -0.510 e. The van der Waals surface area contributed by atoms with Gasteiger partial charge in [0.1, 0.15) is 22.8 Å². The van der Waals surface area contributed by atoms with Crippen LogP contribution >= 0.6 is 0 Å². The monoisotopic (exact) mass is 364 g/mol. The number of hydrogen-bond donors (Lipinski definition) is 5. The van der Waals surface area contributed by atoms with Gasteiger partial charge in [-0.1, -0.05) is 30.3 Å². The van der Waals surface area contributed by atoms with Gasteiger partial charge in [-0.25, -0.2) is 0 Å². The lowest BCUT2D eigenvalue weighted by Gasteiger charge is -2.32. The molecule has 7 heteroatoms. The lowest BCUT2D eigenvalue weighted by Crippen LogP contribution is -2.34. The molecule has 0 aromatic heterocycles. The maximum Gasteiger partial charge on any atom is 0.196 e. The zero-order valence-electron chi connectivity index (χ0n) is 14.1. The summed E-state index contributed by atoms with van der Waals surface area (Å²) in [6, 6.07) is 9.12. The minimum atomic E-state index is -1.92. The summed E-state index contributed by atoms with van der Waals surface area (Å²) in [5.41, 5.74) is 9.95. The molecular weight excluding hydrogens is 348 g/mol. The molecule has 0 amide bonds. The molecule has 27 heavy (non-hydrogen) atoms. The standard InChI is InChI=1S/C20H16N2O5/c21-12-6-2-4-10-16(12)19(26)15-9(18(10)25)3-1-5-11(15)20(27)7-13(23)17(22)14(24)8-20/h1-7,23-24,27H,8,21-22H2. The fourth-order valence-corrected chi connectivity index (χ4v) is 3.66. The number of aliphatic hydroxyl groups excluding tert-OH is 2. The Balaban J connectivity index is 1.97. The van der Waals surface area contributed by atoms with Crippen molar-refractivity contribution in [1.82, 2.24) is 0 Å². The summed E-state index contributed by atoms with van der Waals surface area (Å²) in [5, 5.41) is 31.0. The molecular formula is C20H16N2O5. The zero-order chi connectivity index (χ0) is 19.5. The summed E-state index contributed by atoms with van der Waals surface area (Å²) < 4.78 is 0. The second-order valence-electron chi connectivity index (χ2n) is 6.65. The highest BCUT2D eigenvalue weighted by Gasteiger charge is 2.41. The van der Waals surface area contributed by atoms with Crippen molar-refractivity contribution in [3.8, 4) is 0 Å². The maximum atomic E-state index is 13.2. The molecule has 136 valence electrons. The van der Waals surface area contributed by atoms with E-state index < -0.39 is 22.9 Å². The fraction of sp³-hybridized carbons (Fsp3) is 0.100. The number of rotatable bonds is 1. The number of benzene rings is 2. The van der Waals surface area contributed by atoms with Crippen LogP contribution in [0.15, 0.2) is 59.7 Å². The van der Waals surface area contributed by atoms with Gasteiger partial charge in [0.25, 0.3) is 0 Å². The Morgan fingerprint density at radius 1 is 0.889 bits per heavy atom. The molecule has 2 aliphatic carbocycles. The van der Waals surface area contributed by atoms with Crippen LogP contribution in [0, 0.1) is 0 Å². The molecule has 0 saturated carbocycles. The number of aliphatic hydroxyl groups is 3. The molecule has 0 saturated heterocycles. The average Bonchev–Trinajstić information content (AvgIpc) is 2.63. The van der Waals surface area contributed by atoms with Crippen LogP contribution in [0.1, 0.15) is 43.8 Å². The van der Waals surface area contributed by atoms with Gasteiger partial charge < -0.3 is 26.8 Å². The predicted octanol–water partition coefficient (Wildman–Crippen LogP) is 1.81. The number of carbonyl (C=O) groups is 2. The van der Waals surface area contributed by atoms with Gasteiger partial charge in [-0.3, -0.25) is 9.59 Å². The average molecular weight is 364 g/mol. The van der Waals surface area contributed by atoms with E-state index in [0.717, 1.165) is 6.08 Å². The van der Waals surface area contributed by atoms with Crippen LogP contribution in [0.5, 0.6) is 0 Å². The van der Waals surface area contributed by atoms with Gasteiger partial charge in [0.2, 0.25) is 0 Å². The number of hydrogen-bond acceptors (Lipinski definition) is 7. The van der Waals surface area contributed by atoms with Crippen LogP contribution < -0.4 is 11.5 Å². The van der Waals surface area contributed by atoms with Crippen LogP contribution in [0.25, 0.3) is 0 Å². The lowest BCUT2D eigenvalue weighted by molar-refractivity contribution is 0.0665. The number of nitrogen functional groups attached to an aromatic ring is 1. The molecule has 2 aromatic carbocycles. The molecule has 4 rings (SSSR count). The number of nitrogens with two attached hydrogens (primary N) is 2. The summed E-state index contributed by atoms with van der Waals surface area (Å²) >= 11 is 0. The Bertz CT molecular complexity index is 1100. The van der Waals surface area contributed by atoms with Crippen molar-refractivity contribution in [1.29, 1.82) is 0 Å². The van der Waals surface area contributed by atoms with Gasteiger partial charge in [0, 0.05) is 28.8 Å². The summed E-state index contributed by atoms with van der Waals surface area (Å²) in [4.78, 5) is 26.1. The fourth-order valence-electron chi connectivity index (χ4n) is 3.66. The van der Waals surface area contributed by atoms with E-state index in [9.17, 15) is 24.9 Å². The van der Waals surface area contributed by atoms with Crippen molar-refractivity contribution in [2.45, 2.75) is 12.0 Å². The van der Waals surface area contributed by atoms with E-state index in [2.05, 4.69) is 0 Å². The van der Waals surface area contributed by atoms with E-state index in [0.29, 0.717) is 0 Å². The van der Waals surface area contributed by atoms with E-state index in [-0.39, 0.29) is 51.4 Å². The second-order valence-corrected chi connectivity index (χ2v) is 6.65. The normalized spacial score (nSPS) is 21.6. The van der Waals surface area contributed by atoms with Gasteiger partial charge in [0.15, 0.2) is 11.6 Å². The molecule has 0 aliphatic heterocycles. The van der Waals surface area contributed by atoms with Crippen molar-refractivity contribution in [3.63, 3.8) is 0 Å².